The Morgan fingerprint density at radius 1 is 1.36 bits per heavy atom. The number of nitrogens with one attached hydrogen (secondary N) is 1. The van der Waals surface area contributed by atoms with E-state index in [1.165, 1.54) is 0 Å². The third-order valence-corrected chi connectivity index (χ3v) is 5.39. The second kappa shape index (κ2) is 8.46. The van der Waals surface area contributed by atoms with Gasteiger partial charge in [-0.3, -0.25) is 4.79 Å². The number of pyridine rings is 1. The number of hydrogen-bond donors (Lipinski definition) is 2. The van der Waals surface area contributed by atoms with Crippen LogP contribution in [-0.2, 0) is 11.3 Å². The van der Waals surface area contributed by atoms with Crippen LogP contribution in [0.15, 0.2) is 41.0 Å². The first-order valence-corrected chi connectivity index (χ1v) is 9.98. The van der Waals surface area contributed by atoms with Crippen LogP contribution in [0, 0.1) is 3.57 Å². The number of ether oxygens (including phenoxy) is 1. The number of aromatic nitrogens is 1. The van der Waals surface area contributed by atoms with E-state index in [9.17, 15) is 4.79 Å². The highest BCUT2D eigenvalue weighted by molar-refractivity contribution is 14.1. The first-order valence-electron chi connectivity index (χ1n) is 8.11. The highest BCUT2D eigenvalue weighted by Crippen LogP contribution is 2.24. The Bertz CT molecular complexity index is 754. The molecule has 3 N–H and O–H groups in total. The lowest BCUT2D eigenvalue weighted by Gasteiger charge is -2.22. The Labute approximate surface area is 169 Å². The van der Waals surface area contributed by atoms with E-state index in [1.54, 1.807) is 12.3 Å². The molecule has 0 unspecified atom stereocenters. The minimum absolute atomic E-state index is 0.000200. The molecule has 25 heavy (non-hydrogen) atoms. The topological polar surface area (TPSA) is 77.2 Å². The van der Waals surface area contributed by atoms with Gasteiger partial charge in [0.1, 0.15) is 5.82 Å². The second-order valence-corrected chi connectivity index (χ2v) is 8.23. The number of rotatable bonds is 5. The molecule has 1 heterocycles. The molecule has 0 saturated heterocycles. The number of nitrogens with zero attached hydrogens (tertiary/aromatic N) is 1. The maximum Gasteiger partial charge on any atom is 0.255 e. The minimum atomic E-state index is -0.187. The van der Waals surface area contributed by atoms with E-state index in [2.05, 4.69) is 48.8 Å². The number of carbonyl (C=O) groups excluding carboxylic acids is 1. The molecule has 2 aromatic rings. The van der Waals surface area contributed by atoms with Crippen molar-refractivity contribution < 1.29 is 9.53 Å². The van der Waals surface area contributed by atoms with Gasteiger partial charge in [0.05, 0.1) is 24.3 Å². The normalized spacial score (nSPS) is 19.8. The fourth-order valence-corrected chi connectivity index (χ4v) is 3.67. The number of halogens is 2. The van der Waals surface area contributed by atoms with Crippen molar-refractivity contribution in [2.45, 2.75) is 38.0 Å². The van der Waals surface area contributed by atoms with Crippen molar-refractivity contribution in [3.05, 3.63) is 55.7 Å². The summed E-state index contributed by atoms with van der Waals surface area (Å²) in [6.45, 7) is 0.539. The molecule has 1 saturated carbocycles. The number of amides is 1. The quantitative estimate of drug-likeness (QED) is 0.592. The predicted molar refractivity (Wildman–Crippen MR) is 109 cm³/mol. The van der Waals surface area contributed by atoms with Crippen LogP contribution in [0.25, 0.3) is 0 Å². The molecule has 132 valence electrons. The molecular formula is C18H19BrIN3O2. The van der Waals surface area contributed by atoms with Crippen LogP contribution < -0.4 is 11.1 Å². The summed E-state index contributed by atoms with van der Waals surface area (Å²) in [5.74, 6) is 0.0656. The van der Waals surface area contributed by atoms with Crippen molar-refractivity contribution in [2.75, 3.05) is 5.73 Å². The molecular weight excluding hydrogens is 497 g/mol. The van der Waals surface area contributed by atoms with Gasteiger partial charge in [0.25, 0.3) is 5.91 Å². The van der Waals surface area contributed by atoms with E-state index in [-0.39, 0.29) is 23.9 Å². The fourth-order valence-electron chi connectivity index (χ4n) is 2.95. The summed E-state index contributed by atoms with van der Waals surface area (Å²) < 4.78 is 7.98. The lowest BCUT2D eigenvalue weighted by atomic mass is 10.1. The Balaban J connectivity index is 1.60. The van der Waals surface area contributed by atoms with Crippen LogP contribution in [0.3, 0.4) is 0 Å². The molecule has 5 nitrogen and oxygen atoms in total. The third kappa shape index (κ3) is 4.92. The van der Waals surface area contributed by atoms with Crippen LogP contribution >= 0.6 is 38.5 Å². The summed E-state index contributed by atoms with van der Waals surface area (Å²) in [5.41, 5.74) is 7.37. The van der Waals surface area contributed by atoms with E-state index in [1.807, 2.05) is 24.3 Å². The summed E-state index contributed by atoms with van der Waals surface area (Å²) >= 11 is 5.55. The fraction of sp³-hybridized carbons (Fsp3) is 0.333. The van der Waals surface area contributed by atoms with Gasteiger partial charge in [-0.05, 0) is 65.6 Å². The van der Waals surface area contributed by atoms with Gasteiger partial charge in [-0.15, -0.1) is 0 Å². The van der Waals surface area contributed by atoms with Gasteiger partial charge in [0, 0.05) is 14.2 Å². The molecule has 1 fully saturated rings. The van der Waals surface area contributed by atoms with Crippen LogP contribution in [0.5, 0.6) is 0 Å². The number of anilines is 1. The standard InChI is InChI=1S/C18H19BrIN3O2/c19-12-6-4-11(5-7-12)10-25-16-3-1-2-15(16)23-18(24)14-8-13(20)9-22-17(14)21/h4-9,15-16H,1-3,10H2,(H2,21,22)(H,23,24)/t15-,16-/m0/s1. The second-order valence-electron chi connectivity index (χ2n) is 6.07. The summed E-state index contributed by atoms with van der Waals surface area (Å²) in [4.78, 5) is 16.6. The summed E-state index contributed by atoms with van der Waals surface area (Å²) in [5, 5.41) is 3.06. The Morgan fingerprint density at radius 3 is 2.88 bits per heavy atom. The Morgan fingerprint density at radius 2 is 2.12 bits per heavy atom. The van der Waals surface area contributed by atoms with Gasteiger partial charge in [-0.1, -0.05) is 28.1 Å². The zero-order valence-electron chi connectivity index (χ0n) is 13.5. The lowest BCUT2D eigenvalue weighted by molar-refractivity contribution is 0.0272. The van der Waals surface area contributed by atoms with Crippen molar-refractivity contribution >= 4 is 50.2 Å². The van der Waals surface area contributed by atoms with E-state index < -0.39 is 0 Å². The number of hydrogen-bond acceptors (Lipinski definition) is 4. The Hall–Kier alpha value is -1.19. The number of benzene rings is 1. The van der Waals surface area contributed by atoms with Gasteiger partial charge in [0.15, 0.2) is 0 Å². The van der Waals surface area contributed by atoms with Crippen LogP contribution in [0.1, 0.15) is 35.2 Å². The van der Waals surface area contributed by atoms with Crippen LogP contribution in [0.4, 0.5) is 5.82 Å². The molecule has 0 spiro atoms. The zero-order valence-corrected chi connectivity index (χ0v) is 17.3. The monoisotopic (exact) mass is 515 g/mol. The summed E-state index contributed by atoms with van der Waals surface area (Å²) in [6, 6.07) is 9.82. The highest BCUT2D eigenvalue weighted by Gasteiger charge is 2.30. The van der Waals surface area contributed by atoms with Gasteiger partial charge >= 0.3 is 0 Å². The molecule has 7 heteroatoms. The summed E-state index contributed by atoms with van der Waals surface area (Å²) in [6.07, 6.45) is 4.56. The minimum Gasteiger partial charge on any atom is -0.383 e. The van der Waals surface area contributed by atoms with Crippen molar-refractivity contribution in [3.8, 4) is 0 Å². The smallest absolute Gasteiger partial charge is 0.255 e. The van der Waals surface area contributed by atoms with Crippen LogP contribution in [-0.4, -0.2) is 23.0 Å². The number of nitrogens with two attached hydrogens (primary N) is 1. The molecule has 0 aliphatic heterocycles. The largest absolute Gasteiger partial charge is 0.383 e. The average Bonchev–Trinajstić information content (AvgIpc) is 3.03. The molecule has 1 amide bonds. The van der Waals surface area contributed by atoms with Gasteiger partial charge < -0.3 is 15.8 Å². The predicted octanol–water partition coefficient (Wildman–Crippen LogP) is 3.90. The first-order chi connectivity index (χ1) is 12.0. The lowest BCUT2D eigenvalue weighted by Crippen LogP contribution is -2.41. The van der Waals surface area contributed by atoms with E-state index >= 15 is 0 Å². The van der Waals surface area contributed by atoms with Crippen molar-refractivity contribution in [2.24, 2.45) is 0 Å². The molecule has 0 radical (unpaired) electrons. The van der Waals surface area contributed by atoms with Gasteiger partial charge in [-0.2, -0.15) is 0 Å². The van der Waals surface area contributed by atoms with E-state index in [0.717, 1.165) is 32.9 Å². The van der Waals surface area contributed by atoms with Gasteiger partial charge in [0.2, 0.25) is 0 Å². The maximum absolute atomic E-state index is 12.5. The van der Waals surface area contributed by atoms with E-state index in [4.69, 9.17) is 10.5 Å². The maximum atomic E-state index is 12.5. The molecule has 1 aliphatic carbocycles. The molecule has 3 rings (SSSR count). The molecule has 2 atom stereocenters. The highest BCUT2D eigenvalue weighted by atomic mass is 127. The first kappa shape index (κ1) is 18.6. The zero-order chi connectivity index (χ0) is 17.8. The molecule has 1 aliphatic rings. The number of nitrogen functional groups attached to an aromatic ring is 1. The number of carbonyl (C=O) groups is 1. The average molecular weight is 516 g/mol. The van der Waals surface area contributed by atoms with Crippen LogP contribution in [0.2, 0.25) is 0 Å². The Kier molecular flexibility index (Phi) is 6.29. The van der Waals surface area contributed by atoms with Crippen molar-refractivity contribution in [1.29, 1.82) is 0 Å². The molecule has 0 bridgehead atoms. The van der Waals surface area contributed by atoms with Crippen molar-refractivity contribution in [1.82, 2.24) is 10.3 Å². The SMILES string of the molecule is Nc1ncc(I)cc1C(=O)N[C@H]1CCC[C@@H]1OCc1ccc(Br)cc1. The third-order valence-electron chi connectivity index (χ3n) is 4.28. The summed E-state index contributed by atoms with van der Waals surface area (Å²) in [7, 11) is 0. The molecule has 1 aromatic carbocycles. The van der Waals surface area contributed by atoms with Crippen molar-refractivity contribution in [3.63, 3.8) is 0 Å². The van der Waals surface area contributed by atoms with E-state index in [0.29, 0.717) is 12.2 Å². The molecule has 1 aromatic heterocycles. The van der Waals surface area contributed by atoms with Gasteiger partial charge in [-0.25, -0.2) is 4.98 Å².